The van der Waals surface area contributed by atoms with Gasteiger partial charge in [0.05, 0.1) is 6.20 Å². The van der Waals surface area contributed by atoms with Gasteiger partial charge in [-0.2, -0.15) is 4.98 Å². The Bertz CT molecular complexity index is 1150. The van der Waals surface area contributed by atoms with Crippen molar-refractivity contribution in [3.05, 3.63) is 58.5 Å². The number of halogens is 2. The fraction of sp³-hybridized carbons (Fsp3) is 0.105. The van der Waals surface area contributed by atoms with Crippen LogP contribution < -0.4 is 4.74 Å². The van der Waals surface area contributed by atoms with Gasteiger partial charge < -0.3 is 14.3 Å². The van der Waals surface area contributed by atoms with E-state index in [1.807, 2.05) is 0 Å². The van der Waals surface area contributed by atoms with Crippen LogP contribution in [0.15, 0.2) is 40.9 Å². The normalized spacial score (nSPS) is 11.1. The minimum atomic E-state index is -0.587. The molecule has 2 aromatic carbocycles. The van der Waals surface area contributed by atoms with Crippen LogP contribution in [-0.2, 0) is 0 Å². The summed E-state index contributed by atoms with van der Waals surface area (Å²) in [4.78, 5) is 12.5. The van der Waals surface area contributed by atoms with Gasteiger partial charge in [0.25, 0.3) is 5.71 Å². The Labute approximate surface area is 158 Å². The van der Waals surface area contributed by atoms with Gasteiger partial charge in [0, 0.05) is 16.7 Å². The van der Waals surface area contributed by atoms with E-state index in [4.69, 9.17) is 20.8 Å². The number of fused-ring (bicyclic) bond motifs is 1. The first-order valence-corrected chi connectivity index (χ1v) is 8.35. The molecule has 0 bridgehead atoms. The van der Waals surface area contributed by atoms with Crippen LogP contribution >= 0.6 is 11.6 Å². The molecule has 0 unspecified atom stereocenters. The number of benzene rings is 2. The molecule has 1 N–H and O–H groups in total. The molecule has 0 aliphatic heterocycles. The van der Waals surface area contributed by atoms with Crippen LogP contribution in [0.5, 0.6) is 17.5 Å². The molecule has 4 rings (SSSR count). The number of ether oxygens (including phenoxy) is 1. The van der Waals surface area contributed by atoms with Gasteiger partial charge in [-0.3, -0.25) is 0 Å². The summed E-state index contributed by atoms with van der Waals surface area (Å²) >= 11 is 5.85. The SMILES string of the molecule is Cc1cc(-c2nc3cnc(Oc4cc(Cl)ccc4F)nc3o2)cc(C)c1O. The van der Waals surface area contributed by atoms with Crippen molar-refractivity contribution in [2.45, 2.75) is 13.8 Å². The summed E-state index contributed by atoms with van der Waals surface area (Å²) in [6, 6.07) is 7.37. The summed E-state index contributed by atoms with van der Waals surface area (Å²) in [7, 11) is 0. The number of hydrogen-bond acceptors (Lipinski definition) is 6. The monoisotopic (exact) mass is 385 g/mol. The average molecular weight is 386 g/mol. The van der Waals surface area contributed by atoms with Crippen molar-refractivity contribution in [2.75, 3.05) is 0 Å². The summed E-state index contributed by atoms with van der Waals surface area (Å²) in [5.74, 6) is -0.117. The van der Waals surface area contributed by atoms with Gasteiger partial charge in [-0.15, -0.1) is 0 Å². The lowest BCUT2D eigenvalue weighted by Gasteiger charge is -2.05. The number of phenolic OH excluding ortho intramolecular Hbond substituents is 1. The predicted molar refractivity (Wildman–Crippen MR) is 97.7 cm³/mol. The highest BCUT2D eigenvalue weighted by Gasteiger charge is 2.15. The third-order valence-corrected chi connectivity index (χ3v) is 4.20. The van der Waals surface area contributed by atoms with Gasteiger partial charge in [0.1, 0.15) is 11.3 Å². The van der Waals surface area contributed by atoms with Crippen molar-refractivity contribution in [3.8, 4) is 29.0 Å². The molecule has 2 aromatic heterocycles. The molecule has 0 fully saturated rings. The first kappa shape index (κ1) is 17.2. The van der Waals surface area contributed by atoms with E-state index in [0.29, 0.717) is 33.1 Å². The van der Waals surface area contributed by atoms with Gasteiger partial charge in [-0.25, -0.2) is 14.4 Å². The lowest BCUT2D eigenvalue weighted by Crippen LogP contribution is -1.93. The highest BCUT2D eigenvalue weighted by atomic mass is 35.5. The van der Waals surface area contributed by atoms with Crippen LogP contribution in [0.25, 0.3) is 22.7 Å². The summed E-state index contributed by atoms with van der Waals surface area (Å²) in [5.41, 5.74) is 2.73. The molecule has 8 heteroatoms. The van der Waals surface area contributed by atoms with Crippen LogP contribution in [0.4, 0.5) is 4.39 Å². The molecule has 0 aliphatic carbocycles. The number of nitrogens with zero attached hydrogens (tertiary/aromatic N) is 3. The maximum atomic E-state index is 13.8. The van der Waals surface area contributed by atoms with E-state index in [2.05, 4.69) is 15.0 Å². The first-order chi connectivity index (χ1) is 12.9. The smallest absolute Gasteiger partial charge is 0.325 e. The zero-order chi connectivity index (χ0) is 19.1. The zero-order valence-electron chi connectivity index (χ0n) is 14.3. The van der Waals surface area contributed by atoms with E-state index < -0.39 is 5.82 Å². The van der Waals surface area contributed by atoms with Crippen molar-refractivity contribution in [1.29, 1.82) is 0 Å². The van der Waals surface area contributed by atoms with E-state index in [9.17, 15) is 9.50 Å². The van der Waals surface area contributed by atoms with Crippen molar-refractivity contribution < 1.29 is 18.7 Å². The quantitative estimate of drug-likeness (QED) is 0.522. The van der Waals surface area contributed by atoms with Gasteiger partial charge >= 0.3 is 6.01 Å². The van der Waals surface area contributed by atoms with Crippen LogP contribution in [0.2, 0.25) is 5.02 Å². The van der Waals surface area contributed by atoms with Crippen molar-refractivity contribution >= 4 is 22.8 Å². The second kappa shape index (κ2) is 6.51. The molecule has 0 atom stereocenters. The largest absolute Gasteiger partial charge is 0.507 e. The highest BCUT2D eigenvalue weighted by Crippen LogP contribution is 2.31. The van der Waals surface area contributed by atoms with Gasteiger partial charge in [-0.1, -0.05) is 11.6 Å². The number of oxazole rings is 1. The second-order valence-electron chi connectivity index (χ2n) is 6.00. The summed E-state index contributed by atoms with van der Waals surface area (Å²) < 4.78 is 24.9. The number of phenols is 1. The first-order valence-electron chi connectivity index (χ1n) is 7.98. The number of aryl methyl sites for hydroxylation is 2. The third kappa shape index (κ3) is 3.29. The maximum absolute atomic E-state index is 13.8. The van der Waals surface area contributed by atoms with E-state index in [1.54, 1.807) is 26.0 Å². The van der Waals surface area contributed by atoms with Crippen molar-refractivity contribution in [3.63, 3.8) is 0 Å². The predicted octanol–water partition coefficient (Wildman–Crippen LogP) is 5.19. The van der Waals surface area contributed by atoms with Crippen LogP contribution in [-0.4, -0.2) is 20.1 Å². The Kier molecular flexibility index (Phi) is 4.16. The molecule has 0 amide bonds. The molecule has 0 saturated carbocycles. The number of rotatable bonds is 3. The van der Waals surface area contributed by atoms with Crippen LogP contribution in [0.3, 0.4) is 0 Å². The number of hydrogen-bond donors (Lipinski definition) is 1. The minimum Gasteiger partial charge on any atom is -0.507 e. The van der Waals surface area contributed by atoms with Gasteiger partial charge in [0.15, 0.2) is 11.6 Å². The number of aromatic hydroxyl groups is 1. The van der Waals surface area contributed by atoms with E-state index >= 15 is 0 Å². The average Bonchev–Trinajstić information content (AvgIpc) is 3.06. The standard InChI is InChI=1S/C19H13ClFN3O3/c1-9-5-11(6-10(2)16(9)25)17-23-14-8-22-19(24-18(14)27-17)26-15-7-12(20)3-4-13(15)21/h3-8,25H,1-2H3. The Balaban J connectivity index is 1.71. The molecule has 2 heterocycles. The van der Waals surface area contributed by atoms with Crippen molar-refractivity contribution in [1.82, 2.24) is 15.0 Å². The Morgan fingerprint density at radius 3 is 2.59 bits per heavy atom. The van der Waals surface area contributed by atoms with Crippen LogP contribution in [0.1, 0.15) is 11.1 Å². The molecule has 0 spiro atoms. The molecule has 0 saturated heterocycles. The van der Waals surface area contributed by atoms with Crippen LogP contribution in [0, 0.1) is 19.7 Å². The number of aromatic nitrogens is 3. The van der Waals surface area contributed by atoms with E-state index in [-0.39, 0.29) is 23.2 Å². The zero-order valence-corrected chi connectivity index (χ0v) is 15.1. The fourth-order valence-corrected chi connectivity index (χ4v) is 2.79. The van der Waals surface area contributed by atoms with E-state index in [0.717, 1.165) is 0 Å². The Morgan fingerprint density at radius 2 is 1.85 bits per heavy atom. The molecule has 0 aliphatic rings. The third-order valence-electron chi connectivity index (χ3n) is 3.96. The Hall–Kier alpha value is -3.19. The highest BCUT2D eigenvalue weighted by molar-refractivity contribution is 6.30. The van der Waals surface area contributed by atoms with E-state index in [1.165, 1.54) is 24.4 Å². The molecular formula is C19H13ClFN3O3. The van der Waals surface area contributed by atoms with Gasteiger partial charge in [0.2, 0.25) is 5.89 Å². The summed E-state index contributed by atoms with van der Waals surface area (Å²) in [6.45, 7) is 3.58. The molecular weight excluding hydrogens is 373 g/mol. The van der Waals surface area contributed by atoms with Crippen molar-refractivity contribution in [2.24, 2.45) is 0 Å². The molecule has 6 nitrogen and oxygen atoms in total. The topological polar surface area (TPSA) is 81.3 Å². The fourth-order valence-electron chi connectivity index (χ4n) is 2.63. The molecule has 27 heavy (non-hydrogen) atoms. The molecule has 4 aromatic rings. The maximum Gasteiger partial charge on any atom is 0.325 e. The summed E-state index contributed by atoms with van der Waals surface area (Å²) in [6.07, 6.45) is 1.42. The lowest BCUT2D eigenvalue weighted by molar-refractivity contribution is 0.410. The minimum absolute atomic E-state index is 0.0913. The Morgan fingerprint density at radius 1 is 1.11 bits per heavy atom. The molecule has 0 radical (unpaired) electrons. The summed E-state index contributed by atoms with van der Waals surface area (Å²) in [5, 5.41) is 10.2. The van der Waals surface area contributed by atoms with Gasteiger partial charge in [-0.05, 0) is 49.2 Å². The lowest BCUT2D eigenvalue weighted by atomic mass is 10.1. The molecule has 136 valence electrons. The second-order valence-corrected chi connectivity index (χ2v) is 6.43.